The maximum Gasteiger partial charge on any atom is 0.230 e. The highest BCUT2D eigenvalue weighted by Gasteiger charge is 2.31. The second-order valence-electron chi connectivity index (χ2n) is 7.95. The van der Waals surface area contributed by atoms with Gasteiger partial charge < -0.3 is 5.32 Å². The molecule has 2 heterocycles. The maximum absolute atomic E-state index is 12.9. The highest BCUT2D eigenvalue weighted by atomic mass is 32.1. The molecule has 4 heteroatoms. The van der Waals surface area contributed by atoms with Gasteiger partial charge in [0, 0.05) is 11.4 Å². The Morgan fingerprint density at radius 3 is 2.50 bits per heavy atom. The fourth-order valence-corrected chi connectivity index (χ4v) is 4.49. The molecule has 0 radical (unpaired) electrons. The minimum Gasteiger partial charge on any atom is -0.353 e. The molecule has 3 nitrogen and oxygen atoms in total. The van der Waals surface area contributed by atoms with Crippen molar-refractivity contribution in [2.75, 3.05) is 19.6 Å². The normalized spacial score (nSPS) is 17.8. The summed E-state index contributed by atoms with van der Waals surface area (Å²) in [5.41, 5.74) is 0.523. The first-order valence-corrected chi connectivity index (χ1v) is 10.5. The van der Waals surface area contributed by atoms with Gasteiger partial charge in [-0.15, -0.1) is 11.3 Å². The Kier molecular flexibility index (Phi) is 6.15. The van der Waals surface area contributed by atoms with Crippen LogP contribution in [0.1, 0.15) is 50.1 Å². The Hall–Kier alpha value is -1.65. The van der Waals surface area contributed by atoms with Crippen molar-refractivity contribution in [1.82, 2.24) is 10.2 Å². The molecule has 140 valence electrons. The van der Waals surface area contributed by atoms with Gasteiger partial charge in [0.15, 0.2) is 0 Å². The third kappa shape index (κ3) is 4.36. The molecule has 1 atom stereocenters. The van der Waals surface area contributed by atoms with Crippen LogP contribution in [0.25, 0.3) is 0 Å². The van der Waals surface area contributed by atoms with E-state index in [2.05, 4.69) is 34.7 Å². The van der Waals surface area contributed by atoms with Crippen molar-refractivity contribution in [3.8, 4) is 0 Å². The van der Waals surface area contributed by atoms with E-state index in [-0.39, 0.29) is 11.9 Å². The molecule has 1 aliphatic rings. The first kappa shape index (κ1) is 19.1. The number of benzene rings is 1. The van der Waals surface area contributed by atoms with Crippen LogP contribution in [-0.2, 0) is 10.2 Å². The van der Waals surface area contributed by atoms with E-state index in [0.717, 1.165) is 24.6 Å². The molecular formula is C22H30N2OS. The topological polar surface area (TPSA) is 32.3 Å². The lowest BCUT2D eigenvalue weighted by Crippen LogP contribution is -2.46. The van der Waals surface area contributed by atoms with E-state index in [0.29, 0.717) is 6.54 Å². The molecule has 1 aliphatic heterocycles. The predicted molar refractivity (Wildman–Crippen MR) is 110 cm³/mol. The van der Waals surface area contributed by atoms with Crippen molar-refractivity contribution < 1.29 is 4.79 Å². The van der Waals surface area contributed by atoms with Crippen LogP contribution in [0.4, 0.5) is 0 Å². The zero-order valence-corrected chi connectivity index (χ0v) is 16.9. The Morgan fingerprint density at radius 2 is 1.88 bits per heavy atom. The van der Waals surface area contributed by atoms with Gasteiger partial charge in [0.25, 0.3) is 0 Å². The summed E-state index contributed by atoms with van der Waals surface area (Å²) in [6, 6.07) is 14.6. The molecule has 1 N–H and O–H groups in total. The van der Waals surface area contributed by atoms with E-state index in [1.165, 1.54) is 17.7 Å². The minimum absolute atomic E-state index is 0.0932. The van der Waals surface area contributed by atoms with Crippen LogP contribution >= 0.6 is 11.3 Å². The molecule has 1 aromatic carbocycles. The predicted octanol–water partition coefficient (Wildman–Crippen LogP) is 4.62. The van der Waals surface area contributed by atoms with E-state index in [1.54, 1.807) is 11.3 Å². The van der Waals surface area contributed by atoms with Crippen molar-refractivity contribution in [3.05, 3.63) is 58.3 Å². The lowest BCUT2D eigenvalue weighted by atomic mass is 9.83. The van der Waals surface area contributed by atoms with Gasteiger partial charge in [-0.2, -0.15) is 0 Å². The number of carbonyl (C=O) groups is 1. The lowest BCUT2D eigenvalue weighted by Gasteiger charge is -2.37. The number of likely N-dealkylation sites (tertiary alicyclic amines) is 1. The number of nitrogens with zero attached hydrogens (tertiary/aromatic N) is 1. The lowest BCUT2D eigenvalue weighted by molar-refractivity contribution is -0.126. The van der Waals surface area contributed by atoms with Crippen molar-refractivity contribution in [2.24, 2.45) is 5.92 Å². The summed E-state index contributed by atoms with van der Waals surface area (Å²) < 4.78 is 0. The molecule has 0 spiro atoms. The van der Waals surface area contributed by atoms with Crippen LogP contribution in [0.2, 0.25) is 0 Å². The number of nitrogens with one attached hydrogen (secondary N) is 1. The molecular weight excluding hydrogens is 340 g/mol. The largest absolute Gasteiger partial charge is 0.353 e. The van der Waals surface area contributed by atoms with Crippen LogP contribution in [0.5, 0.6) is 0 Å². The quantitative estimate of drug-likeness (QED) is 0.805. The number of hydrogen-bond acceptors (Lipinski definition) is 3. The van der Waals surface area contributed by atoms with Crippen molar-refractivity contribution in [2.45, 2.75) is 45.1 Å². The van der Waals surface area contributed by atoms with Gasteiger partial charge in [0.05, 0.1) is 11.5 Å². The Balaban J connectivity index is 1.69. The summed E-state index contributed by atoms with van der Waals surface area (Å²) in [5.74, 6) is 0.900. The van der Waals surface area contributed by atoms with Gasteiger partial charge in [-0.25, -0.2) is 0 Å². The van der Waals surface area contributed by atoms with Gasteiger partial charge in [0.1, 0.15) is 0 Å². The van der Waals surface area contributed by atoms with Crippen molar-refractivity contribution >= 4 is 17.2 Å². The number of rotatable bonds is 6. The van der Waals surface area contributed by atoms with Crippen LogP contribution in [0.15, 0.2) is 47.8 Å². The molecule has 0 unspecified atom stereocenters. The van der Waals surface area contributed by atoms with Crippen molar-refractivity contribution in [1.29, 1.82) is 0 Å². The number of hydrogen-bond donors (Lipinski definition) is 1. The smallest absolute Gasteiger partial charge is 0.230 e. The number of carbonyl (C=O) groups excluding carboxylic acids is 1. The summed E-state index contributed by atoms with van der Waals surface area (Å²) in [6.45, 7) is 9.23. The summed E-state index contributed by atoms with van der Waals surface area (Å²) >= 11 is 1.79. The van der Waals surface area contributed by atoms with E-state index in [9.17, 15) is 4.79 Å². The monoisotopic (exact) mass is 370 g/mol. The van der Waals surface area contributed by atoms with Crippen molar-refractivity contribution in [3.63, 3.8) is 0 Å². The molecule has 1 aromatic heterocycles. The third-order valence-electron chi connectivity index (χ3n) is 5.65. The molecule has 1 amide bonds. The standard InChI is InChI=1S/C22H30N2OS/c1-17-11-13-24(14-12-17)19(20-10-7-15-26-20)16-23-21(25)22(2,3)18-8-5-4-6-9-18/h4-10,15,17,19H,11-14,16H2,1-3H3,(H,23,25)/t19-/m1/s1. The van der Waals surface area contributed by atoms with Gasteiger partial charge in [-0.05, 0) is 62.7 Å². The number of amides is 1. The maximum atomic E-state index is 12.9. The third-order valence-corrected chi connectivity index (χ3v) is 6.62. The zero-order valence-electron chi connectivity index (χ0n) is 16.1. The fraction of sp³-hybridized carbons (Fsp3) is 0.500. The van der Waals surface area contributed by atoms with Gasteiger partial charge in [0.2, 0.25) is 5.91 Å². The minimum atomic E-state index is -0.530. The Bertz CT molecular complexity index is 688. The fourth-order valence-electron chi connectivity index (χ4n) is 3.63. The van der Waals surface area contributed by atoms with E-state index < -0.39 is 5.41 Å². The summed E-state index contributed by atoms with van der Waals surface area (Å²) in [4.78, 5) is 16.8. The average molecular weight is 371 g/mol. The Labute approximate surface area is 161 Å². The van der Waals surface area contributed by atoms with E-state index in [4.69, 9.17) is 0 Å². The molecule has 1 fully saturated rings. The molecule has 1 saturated heterocycles. The first-order valence-electron chi connectivity index (χ1n) is 9.59. The molecule has 3 rings (SSSR count). The van der Waals surface area contributed by atoms with Gasteiger partial charge >= 0.3 is 0 Å². The second kappa shape index (κ2) is 8.36. The van der Waals surface area contributed by atoms with Gasteiger partial charge in [-0.1, -0.05) is 43.3 Å². The van der Waals surface area contributed by atoms with Crippen LogP contribution in [0.3, 0.4) is 0 Å². The summed E-state index contributed by atoms with van der Waals surface area (Å²) in [7, 11) is 0. The van der Waals surface area contributed by atoms with E-state index in [1.807, 2.05) is 44.2 Å². The number of piperidine rings is 1. The van der Waals surface area contributed by atoms with Crippen LogP contribution in [0, 0.1) is 5.92 Å². The highest BCUT2D eigenvalue weighted by molar-refractivity contribution is 7.10. The summed E-state index contributed by atoms with van der Waals surface area (Å²) in [5, 5.41) is 5.37. The highest BCUT2D eigenvalue weighted by Crippen LogP contribution is 2.30. The molecule has 2 aromatic rings. The average Bonchev–Trinajstić information content (AvgIpc) is 3.18. The SMILES string of the molecule is CC1CCN([C@H](CNC(=O)C(C)(C)c2ccccc2)c2cccs2)CC1. The first-order chi connectivity index (χ1) is 12.5. The molecule has 0 saturated carbocycles. The summed E-state index contributed by atoms with van der Waals surface area (Å²) in [6.07, 6.45) is 2.48. The number of thiophene rings is 1. The zero-order chi connectivity index (χ0) is 18.6. The van der Waals surface area contributed by atoms with E-state index >= 15 is 0 Å². The van der Waals surface area contributed by atoms with Crippen LogP contribution < -0.4 is 5.32 Å². The molecule has 26 heavy (non-hydrogen) atoms. The molecule has 0 aliphatic carbocycles. The Morgan fingerprint density at radius 1 is 1.19 bits per heavy atom. The molecule has 0 bridgehead atoms. The second-order valence-corrected chi connectivity index (χ2v) is 8.93. The van der Waals surface area contributed by atoms with Crippen LogP contribution in [-0.4, -0.2) is 30.4 Å². The van der Waals surface area contributed by atoms with Gasteiger partial charge in [-0.3, -0.25) is 9.69 Å².